The Labute approximate surface area is 143 Å². The molecule has 0 bridgehead atoms. The van der Waals surface area contributed by atoms with Gasteiger partial charge < -0.3 is 4.52 Å². The highest BCUT2D eigenvalue weighted by molar-refractivity contribution is 5.52. The Morgan fingerprint density at radius 3 is 2.76 bits per heavy atom. The highest BCUT2D eigenvalue weighted by Gasteiger charge is 2.28. The predicted molar refractivity (Wildman–Crippen MR) is 86.5 cm³/mol. The van der Waals surface area contributed by atoms with Gasteiger partial charge in [-0.15, -0.1) is 0 Å². The highest BCUT2D eigenvalue weighted by Crippen LogP contribution is 2.28. The number of hydrogen-bond donors (Lipinski definition) is 0. The molecule has 0 aliphatic carbocycles. The van der Waals surface area contributed by atoms with Crippen LogP contribution in [-0.2, 0) is 6.54 Å². The van der Waals surface area contributed by atoms with Gasteiger partial charge in [0.25, 0.3) is 0 Å². The fraction of sp³-hybridized carbons (Fsp3) is 0.278. The minimum atomic E-state index is -0.822. The molecule has 1 aromatic carbocycles. The second kappa shape index (κ2) is 6.68. The van der Waals surface area contributed by atoms with E-state index in [-0.39, 0.29) is 5.92 Å². The minimum absolute atomic E-state index is 0.147. The van der Waals surface area contributed by atoms with Crippen LogP contribution in [0.15, 0.2) is 47.2 Å². The number of aromatic nitrogens is 3. The van der Waals surface area contributed by atoms with Gasteiger partial charge in [-0.3, -0.25) is 9.88 Å². The molecule has 0 spiro atoms. The summed E-state index contributed by atoms with van der Waals surface area (Å²) in [4.78, 5) is 10.6. The van der Waals surface area contributed by atoms with Gasteiger partial charge in [-0.25, -0.2) is 8.78 Å². The monoisotopic (exact) mass is 342 g/mol. The molecule has 1 aliphatic rings. The summed E-state index contributed by atoms with van der Waals surface area (Å²) in [6.45, 7) is 2.16. The first-order valence-electron chi connectivity index (χ1n) is 8.09. The van der Waals surface area contributed by atoms with Gasteiger partial charge in [0, 0.05) is 31.0 Å². The lowest BCUT2D eigenvalue weighted by Crippen LogP contribution is -2.20. The minimum Gasteiger partial charge on any atom is -0.339 e. The number of likely N-dealkylation sites (tertiary alicyclic amines) is 1. The summed E-state index contributed by atoms with van der Waals surface area (Å²) in [5.41, 5.74) is 1.61. The molecule has 0 radical (unpaired) electrons. The Balaban J connectivity index is 1.42. The summed E-state index contributed by atoms with van der Waals surface area (Å²) in [7, 11) is 0. The van der Waals surface area contributed by atoms with Gasteiger partial charge in [0.1, 0.15) is 0 Å². The molecule has 3 heterocycles. The van der Waals surface area contributed by atoms with Crippen molar-refractivity contribution in [2.75, 3.05) is 13.1 Å². The van der Waals surface area contributed by atoms with Crippen LogP contribution < -0.4 is 0 Å². The maximum Gasteiger partial charge on any atom is 0.231 e. The van der Waals surface area contributed by atoms with Crippen molar-refractivity contribution in [2.45, 2.75) is 18.9 Å². The number of pyridine rings is 1. The van der Waals surface area contributed by atoms with Gasteiger partial charge in [-0.1, -0.05) is 11.2 Å². The van der Waals surface area contributed by atoms with Gasteiger partial charge in [-0.05, 0) is 42.8 Å². The molecule has 0 N–H and O–H groups in total. The number of nitrogens with zero attached hydrogens (tertiary/aromatic N) is 4. The fourth-order valence-electron chi connectivity index (χ4n) is 3.09. The molecular weight excluding hydrogens is 326 g/mol. The Kier molecular flexibility index (Phi) is 4.23. The largest absolute Gasteiger partial charge is 0.339 e. The standard InChI is InChI=1S/C18H16F2N4O/c19-15-2-1-12(9-16(15)20)10-24-8-5-14(11-24)18-22-17(23-25-18)13-3-6-21-7-4-13/h1-4,6-7,9,14H,5,8,10-11H2. The van der Waals surface area contributed by atoms with Crippen molar-refractivity contribution in [3.8, 4) is 11.4 Å². The van der Waals surface area contributed by atoms with E-state index in [1.807, 2.05) is 12.1 Å². The van der Waals surface area contributed by atoms with Crippen LogP contribution in [0.1, 0.15) is 23.8 Å². The summed E-state index contributed by atoms with van der Waals surface area (Å²) < 4.78 is 31.8. The summed E-state index contributed by atoms with van der Waals surface area (Å²) >= 11 is 0. The number of benzene rings is 1. The summed E-state index contributed by atoms with van der Waals surface area (Å²) in [5, 5.41) is 4.04. The molecule has 2 aromatic heterocycles. The van der Waals surface area contributed by atoms with Crippen LogP contribution in [0.25, 0.3) is 11.4 Å². The first kappa shape index (κ1) is 15.8. The van der Waals surface area contributed by atoms with Gasteiger partial charge in [0.2, 0.25) is 11.7 Å². The van der Waals surface area contributed by atoms with Crippen LogP contribution in [0.3, 0.4) is 0 Å². The van der Waals surface area contributed by atoms with E-state index >= 15 is 0 Å². The molecular formula is C18H16F2N4O. The zero-order valence-electron chi connectivity index (χ0n) is 13.4. The maximum absolute atomic E-state index is 13.3. The third kappa shape index (κ3) is 3.41. The quantitative estimate of drug-likeness (QED) is 0.727. The van der Waals surface area contributed by atoms with Crippen LogP contribution >= 0.6 is 0 Å². The summed E-state index contributed by atoms with van der Waals surface area (Å²) in [6, 6.07) is 7.69. The molecule has 128 valence electrons. The lowest BCUT2D eigenvalue weighted by molar-refractivity contribution is 0.308. The molecule has 4 rings (SSSR count). The summed E-state index contributed by atoms with van der Waals surface area (Å²) in [6.07, 6.45) is 4.26. The first-order chi connectivity index (χ1) is 12.2. The molecule has 3 aromatic rings. The Bertz CT molecular complexity index is 869. The number of halogens is 2. The normalized spacial score (nSPS) is 17.9. The van der Waals surface area contributed by atoms with Crippen molar-refractivity contribution < 1.29 is 13.3 Å². The molecule has 1 atom stereocenters. The molecule has 7 heteroatoms. The van der Waals surface area contributed by atoms with Crippen molar-refractivity contribution >= 4 is 0 Å². The van der Waals surface area contributed by atoms with E-state index < -0.39 is 11.6 Å². The molecule has 1 saturated heterocycles. The first-order valence-corrected chi connectivity index (χ1v) is 8.09. The van der Waals surface area contributed by atoms with Crippen molar-refractivity contribution in [3.63, 3.8) is 0 Å². The molecule has 1 aliphatic heterocycles. The van der Waals surface area contributed by atoms with Crippen LogP contribution in [0, 0.1) is 11.6 Å². The smallest absolute Gasteiger partial charge is 0.231 e. The average molecular weight is 342 g/mol. The summed E-state index contributed by atoms with van der Waals surface area (Å²) in [5.74, 6) is -0.325. The molecule has 5 nitrogen and oxygen atoms in total. The molecule has 1 unspecified atom stereocenters. The van der Waals surface area contributed by atoms with E-state index in [0.717, 1.165) is 36.7 Å². The predicted octanol–water partition coefficient (Wildman–Crippen LogP) is 3.40. The highest BCUT2D eigenvalue weighted by atomic mass is 19.2. The van der Waals surface area contributed by atoms with Crippen LogP contribution in [0.5, 0.6) is 0 Å². The van der Waals surface area contributed by atoms with E-state index in [2.05, 4.69) is 20.0 Å². The van der Waals surface area contributed by atoms with Crippen molar-refractivity contribution in [2.24, 2.45) is 0 Å². The van der Waals surface area contributed by atoms with E-state index in [4.69, 9.17) is 4.52 Å². The Morgan fingerprint density at radius 1 is 1.12 bits per heavy atom. The van der Waals surface area contributed by atoms with Crippen molar-refractivity contribution in [3.05, 3.63) is 65.8 Å². The topological polar surface area (TPSA) is 55.1 Å². The molecule has 25 heavy (non-hydrogen) atoms. The Morgan fingerprint density at radius 2 is 1.96 bits per heavy atom. The third-order valence-electron chi connectivity index (χ3n) is 4.39. The fourth-order valence-corrected chi connectivity index (χ4v) is 3.09. The van der Waals surface area contributed by atoms with E-state index in [0.29, 0.717) is 18.3 Å². The van der Waals surface area contributed by atoms with Crippen molar-refractivity contribution in [1.29, 1.82) is 0 Å². The zero-order chi connectivity index (χ0) is 17.2. The third-order valence-corrected chi connectivity index (χ3v) is 4.39. The van der Waals surface area contributed by atoms with Crippen LogP contribution in [-0.4, -0.2) is 33.1 Å². The van der Waals surface area contributed by atoms with Crippen molar-refractivity contribution in [1.82, 2.24) is 20.0 Å². The van der Waals surface area contributed by atoms with Gasteiger partial charge in [-0.2, -0.15) is 4.98 Å². The van der Waals surface area contributed by atoms with E-state index in [1.165, 1.54) is 6.07 Å². The lowest BCUT2D eigenvalue weighted by atomic mass is 10.1. The maximum atomic E-state index is 13.3. The second-order valence-corrected chi connectivity index (χ2v) is 6.16. The molecule has 0 amide bonds. The van der Waals surface area contributed by atoms with Gasteiger partial charge in [0.15, 0.2) is 11.6 Å². The number of hydrogen-bond acceptors (Lipinski definition) is 5. The zero-order valence-corrected chi connectivity index (χ0v) is 13.4. The van der Waals surface area contributed by atoms with Gasteiger partial charge in [0.05, 0.1) is 5.92 Å². The second-order valence-electron chi connectivity index (χ2n) is 6.16. The SMILES string of the molecule is Fc1ccc(CN2CCC(c3nc(-c4ccncc4)no3)C2)cc1F. The molecule has 0 saturated carbocycles. The van der Waals surface area contributed by atoms with Gasteiger partial charge >= 0.3 is 0 Å². The number of rotatable bonds is 4. The van der Waals surface area contributed by atoms with Crippen LogP contribution in [0.4, 0.5) is 8.78 Å². The average Bonchev–Trinajstić information content (AvgIpc) is 3.28. The molecule has 1 fully saturated rings. The van der Waals surface area contributed by atoms with Crippen LogP contribution in [0.2, 0.25) is 0 Å². The van der Waals surface area contributed by atoms with E-state index in [1.54, 1.807) is 18.5 Å². The Hall–Kier alpha value is -2.67. The van der Waals surface area contributed by atoms with E-state index in [9.17, 15) is 8.78 Å². The lowest BCUT2D eigenvalue weighted by Gasteiger charge is -2.15.